The van der Waals surface area contributed by atoms with Gasteiger partial charge in [-0.2, -0.15) is 0 Å². The van der Waals surface area contributed by atoms with E-state index in [-0.39, 0.29) is 24.8 Å². The summed E-state index contributed by atoms with van der Waals surface area (Å²) in [4.78, 5) is 24.2. The maximum atomic E-state index is 12.4. The molecule has 3 rings (SSSR count). The molecule has 0 saturated heterocycles. The molecule has 22 heavy (non-hydrogen) atoms. The van der Waals surface area contributed by atoms with Gasteiger partial charge in [0.25, 0.3) is 0 Å². The van der Waals surface area contributed by atoms with E-state index in [1.54, 1.807) is 6.07 Å². The van der Waals surface area contributed by atoms with Crippen LogP contribution in [-0.4, -0.2) is 29.6 Å². The summed E-state index contributed by atoms with van der Waals surface area (Å²) in [7, 11) is 0. The highest BCUT2D eigenvalue weighted by Crippen LogP contribution is 2.32. The highest BCUT2D eigenvalue weighted by molar-refractivity contribution is 6.01. The molecule has 5 heteroatoms. The second-order valence-corrected chi connectivity index (χ2v) is 6.25. The minimum absolute atomic E-state index is 0.143. The summed E-state index contributed by atoms with van der Waals surface area (Å²) < 4.78 is 0. The molecule has 0 spiro atoms. The van der Waals surface area contributed by atoms with Gasteiger partial charge in [-0.25, -0.2) is 0 Å². The van der Waals surface area contributed by atoms with Crippen LogP contribution in [0.1, 0.15) is 43.6 Å². The molecule has 1 fully saturated rings. The minimum Gasteiger partial charge on any atom is -0.391 e. The smallest absolute Gasteiger partial charge is 0.228 e. The molecule has 3 N–H and O–H groups in total. The van der Waals surface area contributed by atoms with E-state index >= 15 is 0 Å². The van der Waals surface area contributed by atoms with Crippen LogP contribution >= 0.6 is 0 Å². The van der Waals surface area contributed by atoms with E-state index in [0.717, 1.165) is 31.2 Å². The molecular weight excluding hydrogens is 280 g/mol. The zero-order valence-electron chi connectivity index (χ0n) is 12.5. The first-order valence-electron chi connectivity index (χ1n) is 7.99. The van der Waals surface area contributed by atoms with Crippen molar-refractivity contribution in [3.63, 3.8) is 0 Å². The number of fused-ring (bicyclic) bond motifs is 1. The Kier molecular flexibility index (Phi) is 4.43. The van der Waals surface area contributed by atoms with Gasteiger partial charge in [-0.05, 0) is 30.4 Å². The normalized spacial score (nSPS) is 22.8. The van der Waals surface area contributed by atoms with Gasteiger partial charge in [-0.3, -0.25) is 9.59 Å². The second kappa shape index (κ2) is 6.48. The van der Waals surface area contributed by atoms with E-state index in [9.17, 15) is 14.7 Å². The number of aliphatic hydroxyl groups is 1. The molecule has 1 saturated carbocycles. The second-order valence-electron chi connectivity index (χ2n) is 6.25. The molecule has 0 radical (unpaired) electrons. The number of para-hydroxylation sites is 1. The first kappa shape index (κ1) is 15.0. The molecule has 0 aromatic heterocycles. The van der Waals surface area contributed by atoms with E-state index in [2.05, 4.69) is 10.6 Å². The van der Waals surface area contributed by atoms with Crippen molar-refractivity contribution in [3.05, 3.63) is 29.8 Å². The number of hydrogen-bond donors (Lipinski definition) is 3. The Bertz CT molecular complexity index is 567. The zero-order chi connectivity index (χ0) is 15.5. The summed E-state index contributed by atoms with van der Waals surface area (Å²) in [5.41, 5.74) is 1.55. The Labute approximate surface area is 130 Å². The van der Waals surface area contributed by atoms with Gasteiger partial charge in [0.2, 0.25) is 11.8 Å². The average Bonchev–Trinajstić information content (AvgIpc) is 3.06. The number of carbonyl (C=O) groups is 2. The summed E-state index contributed by atoms with van der Waals surface area (Å²) >= 11 is 0. The van der Waals surface area contributed by atoms with Gasteiger partial charge in [0.15, 0.2) is 0 Å². The van der Waals surface area contributed by atoms with Crippen molar-refractivity contribution in [3.8, 4) is 0 Å². The van der Waals surface area contributed by atoms with Crippen LogP contribution in [0.15, 0.2) is 24.3 Å². The van der Waals surface area contributed by atoms with Gasteiger partial charge >= 0.3 is 0 Å². The van der Waals surface area contributed by atoms with E-state index < -0.39 is 12.0 Å². The Hall–Kier alpha value is -1.88. The fourth-order valence-electron chi connectivity index (χ4n) is 3.48. The molecule has 2 amide bonds. The van der Waals surface area contributed by atoms with Crippen LogP contribution in [0.5, 0.6) is 0 Å². The molecule has 118 valence electrons. The number of carbonyl (C=O) groups excluding carboxylic acids is 2. The van der Waals surface area contributed by atoms with E-state index in [1.807, 2.05) is 18.2 Å². The molecule has 2 unspecified atom stereocenters. The van der Waals surface area contributed by atoms with Crippen LogP contribution in [0, 0.1) is 5.92 Å². The Morgan fingerprint density at radius 3 is 2.82 bits per heavy atom. The van der Waals surface area contributed by atoms with Gasteiger partial charge in [0, 0.05) is 18.7 Å². The van der Waals surface area contributed by atoms with Crippen molar-refractivity contribution in [2.45, 2.75) is 44.1 Å². The van der Waals surface area contributed by atoms with Crippen LogP contribution < -0.4 is 10.6 Å². The van der Waals surface area contributed by atoms with Crippen molar-refractivity contribution >= 4 is 17.5 Å². The highest BCUT2D eigenvalue weighted by Gasteiger charge is 2.31. The lowest BCUT2D eigenvalue weighted by atomic mass is 9.89. The van der Waals surface area contributed by atoms with Crippen molar-refractivity contribution in [1.82, 2.24) is 5.32 Å². The number of hydrogen-bond acceptors (Lipinski definition) is 3. The molecule has 2 aliphatic rings. The lowest BCUT2D eigenvalue weighted by Gasteiger charge is -2.26. The Balaban J connectivity index is 1.63. The lowest BCUT2D eigenvalue weighted by Crippen LogP contribution is -2.40. The lowest BCUT2D eigenvalue weighted by molar-refractivity contribution is -0.126. The first-order valence-corrected chi connectivity index (χ1v) is 7.99. The molecular formula is C17H22N2O3. The third kappa shape index (κ3) is 3.14. The monoisotopic (exact) mass is 302 g/mol. The quantitative estimate of drug-likeness (QED) is 0.793. The summed E-state index contributed by atoms with van der Waals surface area (Å²) in [6, 6.07) is 7.37. The molecule has 1 aromatic rings. The van der Waals surface area contributed by atoms with Crippen LogP contribution in [-0.2, 0) is 9.59 Å². The van der Waals surface area contributed by atoms with E-state index in [4.69, 9.17) is 0 Å². The predicted molar refractivity (Wildman–Crippen MR) is 83.4 cm³/mol. The summed E-state index contributed by atoms with van der Waals surface area (Å²) in [5, 5.41) is 15.8. The molecule has 1 aliphatic carbocycles. The Morgan fingerprint density at radius 2 is 2.05 bits per heavy atom. The van der Waals surface area contributed by atoms with Crippen molar-refractivity contribution in [2.75, 3.05) is 11.9 Å². The number of anilines is 1. The van der Waals surface area contributed by atoms with Gasteiger partial charge in [-0.1, -0.05) is 31.0 Å². The predicted octanol–water partition coefficient (Wildman–Crippen LogP) is 1.78. The molecule has 1 aliphatic heterocycles. The van der Waals surface area contributed by atoms with Crippen LogP contribution in [0.2, 0.25) is 0 Å². The van der Waals surface area contributed by atoms with Crippen molar-refractivity contribution < 1.29 is 14.7 Å². The number of aliphatic hydroxyl groups excluding tert-OH is 1. The van der Waals surface area contributed by atoms with Gasteiger partial charge in [0.1, 0.15) is 0 Å². The molecule has 2 atom stereocenters. The van der Waals surface area contributed by atoms with E-state index in [1.165, 1.54) is 0 Å². The summed E-state index contributed by atoms with van der Waals surface area (Å²) in [6.07, 6.45) is 4.05. The maximum Gasteiger partial charge on any atom is 0.228 e. The van der Waals surface area contributed by atoms with Crippen LogP contribution in [0.25, 0.3) is 0 Å². The standard InChI is InChI=1S/C17H22N2O3/c20-15(11-5-1-2-6-11)10-18-17(22)13-9-16(21)19-14-8-4-3-7-12(13)14/h3-4,7-8,11,13,15,20H,1-2,5-6,9-10H2,(H,18,22)(H,19,21). The summed E-state index contributed by atoms with van der Waals surface area (Å²) in [5.74, 6) is -0.502. The Morgan fingerprint density at radius 1 is 1.32 bits per heavy atom. The fourth-order valence-corrected chi connectivity index (χ4v) is 3.48. The van der Waals surface area contributed by atoms with Gasteiger partial charge in [0.05, 0.1) is 12.0 Å². The van der Waals surface area contributed by atoms with Gasteiger partial charge < -0.3 is 15.7 Å². The number of benzene rings is 1. The number of rotatable bonds is 4. The third-order valence-corrected chi connectivity index (χ3v) is 4.75. The molecule has 1 aromatic carbocycles. The van der Waals surface area contributed by atoms with Crippen LogP contribution in [0.3, 0.4) is 0 Å². The largest absolute Gasteiger partial charge is 0.391 e. The summed E-state index contributed by atoms with van der Waals surface area (Å²) in [6.45, 7) is 0.268. The fraction of sp³-hybridized carbons (Fsp3) is 0.529. The maximum absolute atomic E-state index is 12.4. The van der Waals surface area contributed by atoms with Crippen molar-refractivity contribution in [2.24, 2.45) is 5.92 Å². The molecule has 5 nitrogen and oxygen atoms in total. The minimum atomic E-state index is -0.487. The van der Waals surface area contributed by atoms with Crippen LogP contribution in [0.4, 0.5) is 5.69 Å². The topological polar surface area (TPSA) is 78.4 Å². The first-order chi connectivity index (χ1) is 10.6. The van der Waals surface area contributed by atoms with Gasteiger partial charge in [-0.15, -0.1) is 0 Å². The van der Waals surface area contributed by atoms with E-state index in [0.29, 0.717) is 11.6 Å². The highest BCUT2D eigenvalue weighted by atomic mass is 16.3. The molecule has 0 bridgehead atoms. The molecule has 1 heterocycles. The number of nitrogens with one attached hydrogen (secondary N) is 2. The third-order valence-electron chi connectivity index (χ3n) is 4.75. The van der Waals surface area contributed by atoms with Crippen molar-refractivity contribution in [1.29, 1.82) is 0 Å². The number of amides is 2. The zero-order valence-corrected chi connectivity index (χ0v) is 12.5. The average molecular weight is 302 g/mol. The SMILES string of the molecule is O=C1CC(C(=O)NCC(O)C2CCCC2)c2ccccc2N1.